The van der Waals surface area contributed by atoms with Crippen molar-refractivity contribution in [2.24, 2.45) is 0 Å². The van der Waals surface area contributed by atoms with Crippen LogP contribution in [0.2, 0.25) is 0 Å². The topological polar surface area (TPSA) is 99.6 Å². The van der Waals surface area contributed by atoms with Crippen molar-refractivity contribution in [1.82, 2.24) is 14.7 Å². The molecule has 3 amide bonds. The number of hydrogen-bond donors (Lipinski definition) is 1. The number of carbonyl (C=O) groups excluding carboxylic acids is 2. The van der Waals surface area contributed by atoms with Crippen LogP contribution < -0.4 is 4.74 Å². The number of ether oxygens (including phenoxy) is 2. The molecule has 2 aromatic carbocycles. The Bertz CT molecular complexity index is 1060. The van der Waals surface area contributed by atoms with E-state index in [-0.39, 0.29) is 50.9 Å². The van der Waals surface area contributed by atoms with Gasteiger partial charge >= 0.3 is 12.2 Å². The van der Waals surface area contributed by atoms with E-state index in [1.54, 1.807) is 11.0 Å². The Morgan fingerprint density at radius 2 is 1.71 bits per heavy atom. The molecule has 2 fully saturated rings. The molecule has 0 unspecified atom stereocenters. The molecule has 2 aromatic rings. The minimum Gasteiger partial charge on any atom is -0.490 e. The number of piperidine rings is 1. The van der Waals surface area contributed by atoms with Gasteiger partial charge in [0.15, 0.2) is 0 Å². The van der Waals surface area contributed by atoms with E-state index in [0.717, 1.165) is 10.5 Å². The number of benzene rings is 2. The molecule has 186 valence electrons. The average molecular weight is 486 g/mol. The van der Waals surface area contributed by atoms with Crippen LogP contribution >= 0.6 is 0 Å². The lowest BCUT2D eigenvalue weighted by Crippen LogP contribution is -2.51. The lowest BCUT2D eigenvalue weighted by atomic mass is 10.1. The normalized spacial score (nSPS) is 16.8. The van der Waals surface area contributed by atoms with Crippen LogP contribution in [-0.4, -0.2) is 76.7 Å². The number of halogens is 1. The van der Waals surface area contributed by atoms with Gasteiger partial charge < -0.3 is 24.4 Å². The number of nitrogens with zero attached hydrogens (tertiary/aromatic N) is 3. The van der Waals surface area contributed by atoms with Crippen LogP contribution in [0.25, 0.3) is 0 Å². The second-order valence-electron chi connectivity index (χ2n) is 8.66. The van der Waals surface area contributed by atoms with Crippen molar-refractivity contribution in [3.63, 3.8) is 0 Å². The van der Waals surface area contributed by atoms with Gasteiger partial charge in [0, 0.05) is 51.6 Å². The zero-order valence-electron chi connectivity index (χ0n) is 19.3. The van der Waals surface area contributed by atoms with Crippen molar-refractivity contribution in [2.45, 2.75) is 32.1 Å². The minimum atomic E-state index is -1.13. The van der Waals surface area contributed by atoms with Gasteiger partial charge in [-0.1, -0.05) is 30.3 Å². The molecule has 0 spiro atoms. The Kier molecular flexibility index (Phi) is 7.69. The Hall–Kier alpha value is -3.82. The van der Waals surface area contributed by atoms with E-state index in [9.17, 15) is 18.8 Å². The van der Waals surface area contributed by atoms with E-state index < -0.39 is 11.9 Å². The molecule has 2 saturated heterocycles. The predicted molar refractivity (Wildman–Crippen MR) is 123 cm³/mol. The van der Waals surface area contributed by atoms with E-state index in [0.29, 0.717) is 37.2 Å². The largest absolute Gasteiger partial charge is 0.490 e. The third kappa shape index (κ3) is 6.62. The van der Waals surface area contributed by atoms with E-state index in [4.69, 9.17) is 14.6 Å². The summed E-state index contributed by atoms with van der Waals surface area (Å²) >= 11 is 0. The Morgan fingerprint density at radius 3 is 2.40 bits per heavy atom. The van der Waals surface area contributed by atoms with Crippen molar-refractivity contribution >= 4 is 18.1 Å². The highest BCUT2D eigenvalue weighted by molar-refractivity contribution is 5.83. The Labute approximate surface area is 202 Å². The zero-order valence-corrected chi connectivity index (χ0v) is 19.3. The highest BCUT2D eigenvalue weighted by atomic mass is 19.1. The summed E-state index contributed by atoms with van der Waals surface area (Å²) in [4.78, 5) is 39.9. The highest BCUT2D eigenvalue weighted by Gasteiger charge is 2.28. The maximum atomic E-state index is 14.3. The molecule has 10 heteroatoms. The number of carbonyl (C=O) groups is 3. The summed E-state index contributed by atoms with van der Waals surface area (Å²) in [5.41, 5.74) is 1.49. The molecule has 2 aliphatic heterocycles. The number of carboxylic acid groups (broad SMARTS) is 1. The van der Waals surface area contributed by atoms with Crippen molar-refractivity contribution in [2.75, 3.05) is 32.7 Å². The molecule has 0 saturated carbocycles. The first kappa shape index (κ1) is 24.3. The van der Waals surface area contributed by atoms with Crippen molar-refractivity contribution in [1.29, 1.82) is 0 Å². The fourth-order valence-electron chi connectivity index (χ4n) is 4.20. The molecule has 2 heterocycles. The SMILES string of the molecule is O=C(O)N1CCN(Cc2cc(F)cc(OC3CCN(C(=O)OCc4ccccc4)CC3)c2)C(=O)C1. The summed E-state index contributed by atoms with van der Waals surface area (Å²) in [7, 11) is 0. The van der Waals surface area contributed by atoms with E-state index >= 15 is 0 Å². The van der Waals surface area contributed by atoms with Crippen molar-refractivity contribution in [3.05, 3.63) is 65.5 Å². The zero-order chi connectivity index (χ0) is 24.8. The van der Waals surface area contributed by atoms with Gasteiger partial charge in [0.25, 0.3) is 0 Å². The van der Waals surface area contributed by atoms with Crippen LogP contribution in [0.5, 0.6) is 5.75 Å². The smallest absolute Gasteiger partial charge is 0.410 e. The van der Waals surface area contributed by atoms with Crippen LogP contribution in [-0.2, 0) is 22.7 Å². The molecule has 4 rings (SSSR count). The van der Waals surface area contributed by atoms with Gasteiger partial charge in [-0.25, -0.2) is 14.0 Å². The molecule has 2 aliphatic rings. The summed E-state index contributed by atoms with van der Waals surface area (Å²) in [6.07, 6.45) is -0.504. The van der Waals surface area contributed by atoms with Gasteiger partial charge in [0.05, 0.1) is 0 Å². The second kappa shape index (κ2) is 11.1. The monoisotopic (exact) mass is 485 g/mol. The molecule has 1 N–H and O–H groups in total. The number of likely N-dealkylation sites (tertiary alicyclic amines) is 1. The molecule has 0 bridgehead atoms. The quantitative estimate of drug-likeness (QED) is 0.674. The third-order valence-electron chi connectivity index (χ3n) is 6.10. The predicted octanol–water partition coefficient (Wildman–Crippen LogP) is 3.33. The van der Waals surface area contributed by atoms with E-state index in [2.05, 4.69) is 0 Å². The highest BCUT2D eigenvalue weighted by Crippen LogP contribution is 2.23. The van der Waals surface area contributed by atoms with Crippen molar-refractivity contribution in [3.8, 4) is 5.75 Å². The van der Waals surface area contributed by atoms with Gasteiger partial charge in [-0.05, 0) is 23.3 Å². The van der Waals surface area contributed by atoms with Crippen molar-refractivity contribution < 1.29 is 33.4 Å². The number of hydrogen-bond acceptors (Lipinski definition) is 5. The molecular formula is C25H28FN3O6. The number of amides is 3. The molecule has 0 aromatic heterocycles. The lowest BCUT2D eigenvalue weighted by Gasteiger charge is -2.33. The molecule has 9 nitrogen and oxygen atoms in total. The molecule has 0 atom stereocenters. The molecule has 35 heavy (non-hydrogen) atoms. The van der Waals surface area contributed by atoms with Crippen LogP contribution in [0.3, 0.4) is 0 Å². The Morgan fingerprint density at radius 1 is 0.971 bits per heavy atom. The fourth-order valence-corrected chi connectivity index (χ4v) is 4.20. The first-order valence-corrected chi connectivity index (χ1v) is 11.5. The third-order valence-corrected chi connectivity index (χ3v) is 6.10. The van der Waals surface area contributed by atoms with Gasteiger partial charge in [-0.2, -0.15) is 0 Å². The summed E-state index contributed by atoms with van der Waals surface area (Å²) in [6.45, 7) is 1.59. The van der Waals surface area contributed by atoms with Gasteiger partial charge in [-0.15, -0.1) is 0 Å². The van der Waals surface area contributed by atoms with Gasteiger partial charge in [0.1, 0.15) is 30.8 Å². The first-order valence-electron chi connectivity index (χ1n) is 11.5. The van der Waals surface area contributed by atoms with Gasteiger partial charge in [-0.3, -0.25) is 9.69 Å². The summed E-state index contributed by atoms with van der Waals surface area (Å²) in [6, 6.07) is 13.8. The maximum Gasteiger partial charge on any atom is 0.410 e. The minimum absolute atomic E-state index is 0.173. The molecule has 0 radical (unpaired) electrons. The summed E-state index contributed by atoms with van der Waals surface area (Å²) in [5, 5.41) is 9.04. The van der Waals surface area contributed by atoms with Crippen LogP contribution in [0.1, 0.15) is 24.0 Å². The maximum absolute atomic E-state index is 14.3. The lowest BCUT2D eigenvalue weighted by molar-refractivity contribution is -0.135. The summed E-state index contributed by atoms with van der Waals surface area (Å²) in [5.74, 6) is -0.435. The number of piperazine rings is 1. The van der Waals surface area contributed by atoms with Gasteiger partial charge in [0.2, 0.25) is 5.91 Å². The second-order valence-corrected chi connectivity index (χ2v) is 8.66. The van der Waals surface area contributed by atoms with Crippen LogP contribution in [0.4, 0.5) is 14.0 Å². The average Bonchev–Trinajstić information content (AvgIpc) is 2.84. The standard InChI is InChI=1S/C25H28FN3O6/c26-20-12-19(15-28-10-11-29(24(31)32)16-23(28)30)13-22(14-20)35-21-6-8-27(9-7-21)25(33)34-17-18-4-2-1-3-5-18/h1-5,12-14,21H,6-11,15-17H2,(H,31,32). The van der Waals surface area contributed by atoms with Crippen LogP contribution in [0, 0.1) is 5.82 Å². The van der Waals surface area contributed by atoms with E-state index in [1.165, 1.54) is 17.0 Å². The molecule has 0 aliphatic carbocycles. The fraction of sp³-hybridized carbons (Fsp3) is 0.400. The summed E-state index contributed by atoms with van der Waals surface area (Å²) < 4.78 is 25.6. The number of rotatable bonds is 6. The first-order chi connectivity index (χ1) is 16.9. The van der Waals surface area contributed by atoms with Crippen LogP contribution in [0.15, 0.2) is 48.5 Å². The Balaban J connectivity index is 1.26. The molecular weight excluding hydrogens is 457 g/mol. The van der Waals surface area contributed by atoms with E-state index in [1.807, 2.05) is 30.3 Å².